The molecule has 1 unspecified atom stereocenters. The number of ketones is 1. The Bertz CT molecular complexity index is 1040. The summed E-state index contributed by atoms with van der Waals surface area (Å²) in [6.45, 7) is 9.68. The van der Waals surface area contributed by atoms with E-state index in [4.69, 9.17) is 42.3 Å². The molecule has 0 fully saturated rings. The molecule has 0 radical (unpaired) electrons. The minimum atomic E-state index is -1.56. The fraction of sp³-hybridized carbons (Fsp3) is 0.417. The van der Waals surface area contributed by atoms with E-state index >= 15 is 0 Å². The molecule has 0 heterocycles. The van der Waals surface area contributed by atoms with Crippen molar-refractivity contribution in [2.45, 2.75) is 40.7 Å². The molecular formula is C24H29Cl2N3O6. The molecule has 9 nitrogen and oxygen atoms in total. The molecule has 0 N–H and O–H groups in total. The number of halogens is 2. The fourth-order valence-corrected chi connectivity index (χ4v) is 3.52. The van der Waals surface area contributed by atoms with Gasteiger partial charge < -0.3 is 18.9 Å². The van der Waals surface area contributed by atoms with Crippen LogP contribution in [0.2, 0.25) is 5.02 Å². The molecule has 0 aliphatic rings. The Morgan fingerprint density at radius 3 is 1.94 bits per heavy atom. The Morgan fingerprint density at radius 1 is 0.886 bits per heavy atom. The average molecular weight is 526 g/mol. The Kier molecular flexibility index (Phi) is 11.1. The van der Waals surface area contributed by atoms with Crippen LogP contribution in [0.15, 0.2) is 40.6 Å². The van der Waals surface area contributed by atoms with Crippen LogP contribution in [0.1, 0.15) is 34.6 Å². The molecule has 35 heavy (non-hydrogen) atoms. The summed E-state index contributed by atoms with van der Waals surface area (Å²) in [6, 6.07) is 6.64. The van der Waals surface area contributed by atoms with Gasteiger partial charge in [0.25, 0.3) is 5.91 Å². The summed E-state index contributed by atoms with van der Waals surface area (Å²) in [5.74, 6) is -0.229. The van der Waals surface area contributed by atoms with Crippen molar-refractivity contribution >= 4 is 46.4 Å². The second-order valence-electron chi connectivity index (χ2n) is 6.91. The first-order valence-corrected chi connectivity index (χ1v) is 11.9. The van der Waals surface area contributed by atoms with Gasteiger partial charge in [-0.25, -0.2) is 4.42 Å². The Labute approximate surface area is 215 Å². The Balaban J connectivity index is 2.52. The van der Waals surface area contributed by atoms with Gasteiger partial charge in [-0.15, -0.1) is 5.11 Å². The number of amides is 1. The lowest BCUT2D eigenvalue weighted by Crippen LogP contribution is -2.36. The molecule has 2 rings (SSSR count). The van der Waals surface area contributed by atoms with E-state index in [1.807, 2.05) is 0 Å². The molecular weight excluding hydrogens is 497 g/mol. The van der Waals surface area contributed by atoms with Crippen molar-refractivity contribution in [3.63, 3.8) is 0 Å². The molecule has 0 aliphatic carbocycles. The number of anilines is 1. The number of carbonyl (C=O) groups excluding carboxylic acids is 2. The van der Waals surface area contributed by atoms with Crippen LogP contribution >= 0.6 is 23.4 Å². The zero-order valence-corrected chi connectivity index (χ0v) is 21.9. The third kappa shape index (κ3) is 6.99. The predicted octanol–water partition coefficient (Wildman–Crippen LogP) is 6.16. The maximum Gasteiger partial charge on any atom is 0.276 e. The first-order chi connectivity index (χ1) is 16.8. The molecule has 0 aromatic heterocycles. The van der Waals surface area contributed by atoms with Crippen LogP contribution in [0.4, 0.5) is 11.4 Å². The standard InChI is InChI=1S/C24H29Cl2N3O6/c1-6-32-17-14-13-16(25)23(35-9-4)21(17)28-27-20(15(5)30)24(31)29(26)22-18(33-7-2)11-10-12-19(22)34-8-3/h10-14,20H,6-9H2,1-5H3. The molecule has 1 amide bonds. The van der Waals surface area contributed by atoms with Crippen molar-refractivity contribution in [3.8, 4) is 23.0 Å². The molecule has 0 saturated heterocycles. The molecule has 0 bridgehead atoms. The molecule has 190 valence electrons. The smallest absolute Gasteiger partial charge is 0.276 e. The minimum absolute atomic E-state index is 0.158. The van der Waals surface area contributed by atoms with E-state index in [0.717, 1.165) is 4.42 Å². The number of Topliss-reactive ketones (excluding diaryl/α,β-unsaturated/α-hetero) is 1. The van der Waals surface area contributed by atoms with Crippen LogP contribution in [0.5, 0.6) is 23.0 Å². The summed E-state index contributed by atoms with van der Waals surface area (Å²) < 4.78 is 23.2. The van der Waals surface area contributed by atoms with Crippen molar-refractivity contribution < 1.29 is 28.5 Å². The maximum atomic E-state index is 13.3. The zero-order chi connectivity index (χ0) is 26.0. The van der Waals surface area contributed by atoms with E-state index in [2.05, 4.69) is 10.2 Å². The molecule has 11 heteroatoms. The second kappa shape index (κ2) is 13.7. The van der Waals surface area contributed by atoms with Crippen molar-refractivity contribution in [2.24, 2.45) is 10.2 Å². The highest BCUT2D eigenvalue weighted by atomic mass is 35.5. The van der Waals surface area contributed by atoms with Gasteiger partial charge in [-0.3, -0.25) is 9.59 Å². The van der Waals surface area contributed by atoms with Gasteiger partial charge >= 0.3 is 0 Å². The van der Waals surface area contributed by atoms with Crippen LogP contribution in [0.3, 0.4) is 0 Å². The van der Waals surface area contributed by atoms with E-state index in [1.54, 1.807) is 58.0 Å². The van der Waals surface area contributed by atoms with E-state index in [0.29, 0.717) is 43.7 Å². The van der Waals surface area contributed by atoms with Gasteiger partial charge in [-0.1, -0.05) is 17.7 Å². The maximum absolute atomic E-state index is 13.3. The summed E-state index contributed by atoms with van der Waals surface area (Å²) in [6.07, 6.45) is 0. The van der Waals surface area contributed by atoms with Crippen LogP contribution in [-0.2, 0) is 9.59 Å². The van der Waals surface area contributed by atoms with Gasteiger partial charge in [0.2, 0.25) is 6.04 Å². The van der Waals surface area contributed by atoms with Crippen LogP contribution in [0.25, 0.3) is 0 Å². The molecule has 0 saturated carbocycles. The van der Waals surface area contributed by atoms with E-state index in [-0.39, 0.29) is 22.1 Å². The summed E-state index contributed by atoms with van der Waals surface area (Å²) in [5, 5.41) is 8.44. The van der Waals surface area contributed by atoms with Gasteiger partial charge in [0.05, 0.1) is 31.5 Å². The number of nitrogens with zero attached hydrogens (tertiary/aromatic N) is 3. The summed E-state index contributed by atoms with van der Waals surface area (Å²) >= 11 is 12.7. The van der Waals surface area contributed by atoms with Crippen molar-refractivity contribution in [3.05, 3.63) is 35.4 Å². The highest BCUT2D eigenvalue weighted by molar-refractivity contribution is 6.40. The number of azo groups is 1. The zero-order valence-electron chi connectivity index (χ0n) is 20.3. The van der Waals surface area contributed by atoms with E-state index in [1.165, 1.54) is 6.92 Å². The van der Waals surface area contributed by atoms with Crippen molar-refractivity contribution in [1.82, 2.24) is 0 Å². The molecule has 2 aromatic rings. The monoisotopic (exact) mass is 525 g/mol. The Hall–Kier alpha value is -3.04. The van der Waals surface area contributed by atoms with E-state index < -0.39 is 17.7 Å². The van der Waals surface area contributed by atoms with Crippen molar-refractivity contribution in [2.75, 3.05) is 30.8 Å². The largest absolute Gasteiger partial charge is 0.491 e. The van der Waals surface area contributed by atoms with Gasteiger partial charge in [-0.05, 0) is 58.9 Å². The summed E-state index contributed by atoms with van der Waals surface area (Å²) in [4.78, 5) is 25.8. The molecule has 1 atom stereocenters. The second-order valence-corrected chi connectivity index (χ2v) is 7.65. The molecule has 2 aromatic carbocycles. The molecule has 0 spiro atoms. The number of carbonyl (C=O) groups is 2. The highest BCUT2D eigenvalue weighted by Gasteiger charge is 2.32. The first kappa shape index (κ1) is 28.2. The van der Waals surface area contributed by atoms with Crippen molar-refractivity contribution in [1.29, 1.82) is 0 Å². The summed E-state index contributed by atoms with van der Waals surface area (Å²) in [7, 11) is 0. The number of para-hydroxylation sites is 1. The Morgan fingerprint density at radius 2 is 1.43 bits per heavy atom. The van der Waals surface area contributed by atoms with Gasteiger partial charge in [0, 0.05) is 11.8 Å². The number of benzene rings is 2. The van der Waals surface area contributed by atoms with Crippen LogP contribution in [0, 0.1) is 0 Å². The predicted molar refractivity (Wildman–Crippen MR) is 135 cm³/mol. The van der Waals surface area contributed by atoms with Gasteiger partial charge in [-0.2, -0.15) is 5.11 Å². The van der Waals surface area contributed by atoms with Gasteiger partial charge in [0.15, 0.2) is 23.0 Å². The SMILES string of the molecule is CCOc1ccc(Cl)c(OCC)c1N=NC(C(C)=O)C(=O)N(Cl)c1c(OCC)cccc1OCC. The van der Waals surface area contributed by atoms with Crippen LogP contribution < -0.4 is 23.4 Å². The van der Waals surface area contributed by atoms with E-state index in [9.17, 15) is 9.59 Å². The lowest BCUT2D eigenvalue weighted by molar-refractivity contribution is -0.126. The normalized spacial score (nSPS) is 11.7. The topological polar surface area (TPSA) is 99.0 Å². The first-order valence-electron chi connectivity index (χ1n) is 11.2. The fourth-order valence-electron chi connectivity index (χ4n) is 3.05. The lowest BCUT2D eigenvalue weighted by atomic mass is 10.2. The summed E-state index contributed by atoms with van der Waals surface area (Å²) in [5.41, 5.74) is 0.322. The number of ether oxygens (including phenoxy) is 4. The number of rotatable bonds is 13. The number of hydrogen-bond donors (Lipinski definition) is 0. The third-order valence-electron chi connectivity index (χ3n) is 4.48. The lowest BCUT2D eigenvalue weighted by Gasteiger charge is -2.22. The third-order valence-corrected chi connectivity index (χ3v) is 5.11. The average Bonchev–Trinajstić information content (AvgIpc) is 2.82. The quantitative estimate of drug-likeness (QED) is 0.176. The number of hydrogen-bond acceptors (Lipinski definition) is 8. The van der Waals surface area contributed by atoms with Gasteiger partial charge in [0.1, 0.15) is 17.2 Å². The molecule has 0 aliphatic heterocycles. The minimum Gasteiger partial charge on any atom is -0.491 e. The highest BCUT2D eigenvalue weighted by Crippen LogP contribution is 2.44. The van der Waals surface area contributed by atoms with Crippen LogP contribution in [-0.4, -0.2) is 44.2 Å².